The molecule has 0 atom stereocenters. The molecule has 0 saturated carbocycles. The molecule has 0 aliphatic carbocycles. The van der Waals surface area contributed by atoms with Gasteiger partial charge in [0, 0.05) is 24.0 Å². The summed E-state index contributed by atoms with van der Waals surface area (Å²) in [6.45, 7) is 5.22. The summed E-state index contributed by atoms with van der Waals surface area (Å²) >= 11 is 0. The lowest BCUT2D eigenvalue weighted by molar-refractivity contribution is -0.115. The Morgan fingerprint density at radius 2 is 1.61 bits per heavy atom. The topological polar surface area (TPSA) is 53.2 Å². The van der Waals surface area contributed by atoms with Crippen molar-refractivity contribution in [1.82, 2.24) is 4.98 Å². The van der Waals surface area contributed by atoms with Crippen molar-refractivity contribution in [2.75, 3.05) is 4.90 Å². The summed E-state index contributed by atoms with van der Waals surface area (Å²) < 4.78 is 0. The number of hydrogen-bond acceptors (Lipinski definition) is 2. The Balaban J connectivity index is 2.16. The number of rotatable bonds is 2. The number of carbonyl (C=O) groups is 2. The van der Waals surface area contributed by atoms with Gasteiger partial charge in [-0.05, 0) is 31.0 Å². The summed E-state index contributed by atoms with van der Waals surface area (Å²) in [7, 11) is 0. The zero-order valence-corrected chi connectivity index (χ0v) is 13.4. The minimum absolute atomic E-state index is 0.294. The van der Waals surface area contributed by atoms with Gasteiger partial charge in [0.1, 0.15) is 0 Å². The molecule has 0 spiro atoms. The van der Waals surface area contributed by atoms with Gasteiger partial charge in [-0.2, -0.15) is 0 Å². The van der Waals surface area contributed by atoms with Gasteiger partial charge in [0.25, 0.3) is 5.91 Å². The van der Waals surface area contributed by atoms with Crippen molar-refractivity contribution in [1.29, 1.82) is 0 Å². The van der Waals surface area contributed by atoms with E-state index in [0.29, 0.717) is 11.3 Å². The number of hydrogen-bond donors (Lipinski definition) is 1. The molecule has 4 heteroatoms. The maximum absolute atomic E-state index is 13.1. The van der Waals surface area contributed by atoms with Crippen molar-refractivity contribution in [3.05, 3.63) is 65.4 Å². The smallest absolute Gasteiger partial charge is 0.267 e. The van der Waals surface area contributed by atoms with Gasteiger partial charge in [0.2, 0.25) is 5.91 Å². The summed E-state index contributed by atoms with van der Waals surface area (Å²) in [4.78, 5) is 29.6. The van der Waals surface area contributed by atoms with E-state index >= 15 is 0 Å². The van der Waals surface area contributed by atoms with Crippen LogP contribution in [0.2, 0.25) is 0 Å². The van der Waals surface area contributed by atoms with Gasteiger partial charge in [-0.1, -0.05) is 36.4 Å². The molecule has 2 amide bonds. The van der Waals surface area contributed by atoms with Crippen LogP contribution in [-0.2, 0) is 4.79 Å². The highest BCUT2D eigenvalue weighted by atomic mass is 16.2. The predicted octanol–water partition coefficient (Wildman–Crippen LogP) is 3.98. The van der Waals surface area contributed by atoms with Crippen molar-refractivity contribution in [2.45, 2.75) is 20.8 Å². The molecule has 1 heterocycles. The molecule has 23 heavy (non-hydrogen) atoms. The number of amides is 2. The molecule has 0 unspecified atom stereocenters. The highest BCUT2D eigenvalue weighted by Gasteiger charge is 2.26. The van der Waals surface area contributed by atoms with E-state index in [0.717, 1.165) is 22.0 Å². The van der Waals surface area contributed by atoms with Crippen molar-refractivity contribution < 1.29 is 9.59 Å². The number of aryl methyl sites for hydroxylation is 2. The standard InChI is InChI=1S/C19H18N2O2/c1-12-7-6-8-13(2)18(12)21(14(3)22)19(23)16-11-20-17-10-5-4-9-15(16)17/h4-11,20H,1-3H3. The van der Waals surface area contributed by atoms with Crippen LogP contribution in [0.5, 0.6) is 0 Å². The van der Waals surface area contributed by atoms with Crippen LogP contribution in [0.4, 0.5) is 5.69 Å². The summed E-state index contributed by atoms with van der Waals surface area (Å²) in [6, 6.07) is 13.3. The molecular weight excluding hydrogens is 288 g/mol. The Morgan fingerprint density at radius 3 is 2.26 bits per heavy atom. The molecule has 1 aromatic heterocycles. The number of anilines is 1. The SMILES string of the molecule is CC(=O)N(C(=O)c1c[nH]c2ccccc12)c1c(C)cccc1C. The third-order valence-corrected chi connectivity index (χ3v) is 4.00. The number of para-hydroxylation sites is 2. The molecule has 0 aliphatic heterocycles. The number of fused-ring (bicyclic) bond motifs is 1. The number of aromatic amines is 1. The molecule has 0 aliphatic rings. The van der Waals surface area contributed by atoms with Gasteiger partial charge >= 0.3 is 0 Å². The van der Waals surface area contributed by atoms with Crippen LogP contribution in [0.3, 0.4) is 0 Å². The number of H-pyrrole nitrogens is 1. The fourth-order valence-electron chi connectivity index (χ4n) is 2.93. The normalized spacial score (nSPS) is 10.7. The largest absolute Gasteiger partial charge is 0.360 e. The fourth-order valence-corrected chi connectivity index (χ4v) is 2.93. The second-order valence-electron chi connectivity index (χ2n) is 5.65. The quantitative estimate of drug-likeness (QED) is 0.778. The average molecular weight is 306 g/mol. The maximum Gasteiger partial charge on any atom is 0.267 e. The molecule has 3 rings (SSSR count). The minimum atomic E-state index is -0.313. The number of nitrogens with zero attached hydrogens (tertiary/aromatic N) is 1. The zero-order chi connectivity index (χ0) is 16.6. The fraction of sp³-hybridized carbons (Fsp3) is 0.158. The molecule has 116 valence electrons. The van der Waals surface area contributed by atoms with E-state index in [9.17, 15) is 9.59 Å². The van der Waals surface area contributed by atoms with Gasteiger partial charge < -0.3 is 4.98 Å². The van der Waals surface area contributed by atoms with E-state index in [1.165, 1.54) is 11.8 Å². The van der Waals surface area contributed by atoms with Crippen LogP contribution in [-0.4, -0.2) is 16.8 Å². The third kappa shape index (κ3) is 2.52. The van der Waals surface area contributed by atoms with E-state index in [1.807, 2.05) is 56.3 Å². The summed E-state index contributed by atoms with van der Waals surface area (Å²) in [5.74, 6) is -0.606. The minimum Gasteiger partial charge on any atom is -0.360 e. The van der Waals surface area contributed by atoms with Crippen molar-refractivity contribution >= 4 is 28.4 Å². The number of benzene rings is 2. The number of imide groups is 1. The second kappa shape index (κ2) is 5.72. The maximum atomic E-state index is 13.1. The van der Waals surface area contributed by atoms with Crippen molar-refractivity contribution in [2.24, 2.45) is 0 Å². The van der Waals surface area contributed by atoms with Gasteiger partial charge in [0.05, 0.1) is 11.3 Å². The molecule has 4 nitrogen and oxygen atoms in total. The first-order chi connectivity index (χ1) is 11.0. The van der Waals surface area contributed by atoms with Gasteiger partial charge in [-0.25, -0.2) is 4.90 Å². The summed E-state index contributed by atoms with van der Waals surface area (Å²) in [5, 5.41) is 0.815. The van der Waals surface area contributed by atoms with Crippen LogP contribution in [0.1, 0.15) is 28.4 Å². The van der Waals surface area contributed by atoms with Crippen LogP contribution in [0.15, 0.2) is 48.7 Å². The van der Waals surface area contributed by atoms with Gasteiger partial charge in [-0.15, -0.1) is 0 Å². The van der Waals surface area contributed by atoms with Crippen LogP contribution in [0.25, 0.3) is 10.9 Å². The van der Waals surface area contributed by atoms with Crippen LogP contribution < -0.4 is 4.90 Å². The first kappa shape index (κ1) is 15.0. The lowest BCUT2D eigenvalue weighted by Gasteiger charge is -2.23. The second-order valence-corrected chi connectivity index (χ2v) is 5.65. The van der Waals surface area contributed by atoms with Gasteiger partial charge in [0.15, 0.2) is 0 Å². The van der Waals surface area contributed by atoms with Crippen molar-refractivity contribution in [3.8, 4) is 0 Å². The van der Waals surface area contributed by atoms with E-state index in [4.69, 9.17) is 0 Å². The zero-order valence-electron chi connectivity index (χ0n) is 13.4. The molecular formula is C19H18N2O2. The average Bonchev–Trinajstić information content (AvgIpc) is 2.94. The van der Waals surface area contributed by atoms with E-state index in [1.54, 1.807) is 6.20 Å². The monoisotopic (exact) mass is 306 g/mol. The van der Waals surface area contributed by atoms with Gasteiger partial charge in [-0.3, -0.25) is 9.59 Å². The Hall–Kier alpha value is -2.88. The van der Waals surface area contributed by atoms with E-state index in [-0.39, 0.29) is 11.8 Å². The Morgan fingerprint density at radius 1 is 0.957 bits per heavy atom. The number of nitrogens with one attached hydrogen (secondary N) is 1. The summed E-state index contributed by atoms with van der Waals surface area (Å²) in [5.41, 5.74) is 3.83. The highest BCUT2D eigenvalue weighted by molar-refractivity contribution is 6.24. The molecule has 1 N–H and O–H groups in total. The third-order valence-electron chi connectivity index (χ3n) is 4.00. The molecule has 0 fully saturated rings. The van der Waals surface area contributed by atoms with E-state index in [2.05, 4.69) is 4.98 Å². The Labute approximate surface area is 134 Å². The molecule has 2 aromatic carbocycles. The Bertz CT molecular complexity index is 888. The molecule has 0 bridgehead atoms. The summed E-state index contributed by atoms with van der Waals surface area (Å²) in [6.07, 6.45) is 1.66. The lowest BCUT2D eigenvalue weighted by Crippen LogP contribution is -2.36. The van der Waals surface area contributed by atoms with Crippen LogP contribution >= 0.6 is 0 Å². The molecule has 3 aromatic rings. The highest BCUT2D eigenvalue weighted by Crippen LogP contribution is 2.28. The first-order valence-electron chi connectivity index (χ1n) is 7.48. The lowest BCUT2D eigenvalue weighted by atomic mass is 10.1. The predicted molar refractivity (Wildman–Crippen MR) is 91.7 cm³/mol. The number of carbonyl (C=O) groups excluding carboxylic acids is 2. The van der Waals surface area contributed by atoms with Crippen LogP contribution in [0, 0.1) is 13.8 Å². The Kier molecular flexibility index (Phi) is 3.74. The van der Waals surface area contributed by atoms with E-state index < -0.39 is 0 Å². The molecule has 0 saturated heterocycles. The number of aromatic nitrogens is 1. The van der Waals surface area contributed by atoms with Crippen molar-refractivity contribution in [3.63, 3.8) is 0 Å². The first-order valence-corrected chi connectivity index (χ1v) is 7.48. The molecule has 0 radical (unpaired) electrons.